The standard InChI is InChI=1S/C18H27NO/c20-18(14-16-10-5-7-13-19-16)12-6-4-11-17(18)15-8-2-1-3-9-15/h5,7,10,13,15,17,20H,1-4,6,8-9,11-12,14H2. The lowest BCUT2D eigenvalue weighted by molar-refractivity contribution is -0.0772. The van der Waals surface area contributed by atoms with Crippen molar-refractivity contribution in [3.05, 3.63) is 30.1 Å². The normalized spacial score (nSPS) is 32.1. The highest BCUT2D eigenvalue weighted by Gasteiger charge is 2.43. The van der Waals surface area contributed by atoms with Crippen LogP contribution >= 0.6 is 0 Å². The van der Waals surface area contributed by atoms with Crippen molar-refractivity contribution >= 4 is 0 Å². The Labute approximate surface area is 122 Å². The average molecular weight is 273 g/mol. The van der Waals surface area contributed by atoms with Gasteiger partial charge in [0, 0.05) is 18.3 Å². The molecule has 0 aliphatic heterocycles. The summed E-state index contributed by atoms with van der Waals surface area (Å²) in [5, 5.41) is 11.3. The maximum Gasteiger partial charge on any atom is 0.0733 e. The highest BCUT2D eigenvalue weighted by molar-refractivity contribution is 5.09. The van der Waals surface area contributed by atoms with Crippen LogP contribution in [0.1, 0.15) is 63.5 Å². The van der Waals surface area contributed by atoms with Gasteiger partial charge in [0.2, 0.25) is 0 Å². The van der Waals surface area contributed by atoms with E-state index in [1.807, 2.05) is 18.3 Å². The quantitative estimate of drug-likeness (QED) is 0.898. The van der Waals surface area contributed by atoms with Crippen LogP contribution in [0, 0.1) is 11.8 Å². The zero-order valence-electron chi connectivity index (χ0n) is 12.4. The second-order valence-corrected chi connectivity index (χ2v) is 6.85. The Kier molecular flexibility index (Phi) is 4.40. The minimum Gasteiger partial charge on any atom is -0.389 e. The van der Waals surface area contributed by atoms with E-state index in [-0.39, 0.29) is 0 Å². The molecular formula is C18H27NO. The Balaban J connectivity index is 1.76. The lowest BCUT2D eigenvalue weighted by Crippen LogP contribution is -2.46. The largest absolute Gasteiger partial charge is 0.389 e. The molecule has 1 aromatic heterocycles. The molecule has 0 saturated heterocycles. The molecule has 2 saturated carbocycles. The zero-order valence-corrected chi connectivity index (χ0v) is 12.4. The molecule has 2 aliphatic rings. The van der Waals surface area contributed by atoms with Crippen LogP contribution in [0.15, 0.2) is 24.4 Å². The van der Waals surface area contributed by atoms with E-state index < -0.39 is 5.60 Å². The summed E-state index contributed by atoms with van der Waals surface area (Å²) in [6, 6.07) is 6.04. The number of aromatic nitrogens is 1. The summed E-state index contributed by atoms with van der Waals surface area (Å²) in [7, 11) is 0. The van der Waals surface area contributed by atoms with Crippen molar-refractivity contribution in [1.82, 2.24) is 4.98 Å². The second kappa shape index (κ2) is 6.26. The van der Waals surface area contributed by atoms with E-state index in [0.717, 1.165) is 24.5 Å². The fraction of sp³-hybridized carbons (Fsp3) is 0.722. The topological polar surface area (TPSA) is 33.1 Å². The molecule has 20 heavy (non-hydrogen) atoms. The summed E-state index contributed by atoms with van der Waals surface area (Å²) in [5.41, 5.74) is 0.548. The van der Waals surface area contributed by atoms with Crippen molar-refractivity contribution in [3.8, 4) is 0 Å². The van der Waals surface area contributed by atoms with Crippen LogP contribution in [0.4, 0.5) is 0 Å². The minimum atomic E-state index is -0.505. The van der Waals surface area contributed by atoms with Gasteiger partial charge in [-0.25, -0.2) is 0 Å². The van der Waals surface area contributed by atoms with Gasteiger partial charge in [0.15, 0.2) is 0 Å². The zero-order chi connectivity index (χ0) is 13.8. The summed E-state index contributed by atoms with van der Waals surface area (Å²) < 4.78 is 0. The van der Waals surface area contributed by atoms with Gasteiger partial charge in [-0.05, 0) is 36.8 Å². The Morgan fingerprint density at radius 1 is 1.05 bits per heavy atom. The number of nitrogens with zero attached hydrogens (tertiary/aromatic N) is 1. The third-order valence-corrected chi connectivity index (χ3v) is 5.50. The van der Waals surface area contributed by atoms with Crippen LogP contribution in [-0.4, -0.2) is 15.7 Å². The first-order valence-electron chi connectivity index (χ1n) is 8.40. The first-order chi connectivity index (χ1) is 9.78. The summed E-state index contributed by atoms with van der Waals surface area (Å²) >= 11 is 0. The predicted molar refractivity (Wildman–Crippen MR) is 81.4 cm³/mol. The lowest BCUT2D eigenvalue weighted by Gasteiger charge is -2.45. The molecular weight excluding hydrogens is 246 g/mol. The number of hydrogen-bond donors (Lipinski definition) is 1. The van der Waals surface area contributed by atoms with E-state index >= 15 is 0 Å². The van der Waals surface area contributed by atoms with E-state index in [2.05, 4.69) is 11.1 Å². The molecule has 1 heterocycles. The molecule has 0 radical (unpaired) electrons. The van der Waals surface area contributed by atoms with Gasteiger partial charge < -0.3 is 5.11 Å². The van der Waals surface area contributed by atoms with E-state index in [4.69, 9.17) is 0 Å². The van der Waals surface area contributed by atoms with Gasteiger partial charge in [0.1, 0.15) is 0 Å². The molecule has 0 spiro atoms. The summed E-state index contributed by atoms with van der Waals surface area (Å²) in [5.74, 6) is 1.25. The van der Waals surface area contributed by atoms with E-state index in [1.54, 1.807) is 0 Å². The van der Waals surface area contributed by atoms with Crippen molar-refractivity contribution < 1.29 is 5.11 Å². The molecule has 2 atom stereocenters. The van der Waals surface area contributed by atoms with Gasteiger partial charge >= 0.3 is 0 Å². The van der Waals surface area contributed by atoms with Crippen molar-refractivity contribution in [2.75, 3.05) is 0 Å². The molecule has 1 N–H and O–H groups in total. The van der Waals surface area contributed by atoms with Gasteiger partial charge in [0.25, 0.3) is 0 Å². The van der Waals surface area contributed by atoms with Gasteiger partial charge in [-0.1, -0.05) is 51.0 Å². The summed E-state index contributed by atoms with van der Waals surface area (Å²) in [6.45, 7) is 0. The molecule has 1 aromatic rings. The van der Waals surface area contributed by atoms with Gasteiger partial charge in [-0.3, -0.25) is 4.98 Å². The summed E-state index contributed by atoms with van der Waals surface area (Å²) in [6.07, 6.45) is 14.0. The van der Waals surface area contributed by atoms with Crippen molar-refractivity contribution in [2.45, 2.75) is 69.8 Å². The number of rotatable bonds is 3. The van der Waals surface area contributed by atoms with Crippen LogP contribution in [0.2, 0.25) is 0 Å². The third kappa shape index (κ3) is 3.06. The molecule has 3 rings (SSSR count). The fourth-order valence-electron chi connectivity index (χ4n) is 4.50. The number of aliphatic hydroxyl groups is 1. The van der Waals surface area contributed by atoms with E-state index in [0.29, 0.717) is 5.92 Å². The molecule has 0 bridgehead atoms. The maximum atomic E-state index is 11.3. The Morgan fingerprint density at radius 2 is 1.85 bits per heavy atom. The molecule has 2 unspecified atom stereocenters. The van der Waals surface area contributed by atoms with Gasteiger partial charge in [-0.15, -0.1) is 0 Å². The number of hydrogen-bond acceptors (Lipinski definition) is 2. The Morgan fingerprint density at radius 3 is 2.60 bits per heavy atom. The molecule has 2 fully saturated rings. The molecule has 2 aliphatic carbocycles. The molecule has 0 amide bonds. The second-order valence-electron chi connectivity index (χ2n) is 6.85. The van der Waals surface area contributed by atoms with Crippen LogP contribution in [-0.2, 0) is 6.42 Å². The molecule has 110 valence electrons. The first kappa shape index (κ1) is 14.1. The highest BCUT2D eigenvalue weighted by atomic mass is 16.3. The summed E-state index contributed by atoms with van der Waals surface area (Å²) in [4.78, 5) is 4.44. The van der Waals surface area contributed by atoms with Crippen molar-refractivity contribution in [1.29, 1.82) is 0 Å². The molecule has 2 heteroatoms. The fourth-order valence-corrected chi connectivity index (χ4v) is 4.50. The van der Waals surface area contributed by atoms with Crippen molar-refractivity contribution in [2.24, 2.45) is 11.8 Å². The monoisotopic (exact) mass is 273 g/mol. The maximum absolute atomic E-state index is 11.3. The van der Waals surface area contributed by atoms with E-state index in [1.165, 1.54) is 51.4 Å². The number of pyridine rings is 1. The smallest absolute Gasteiger partial charge is 0.0733 e. The Hall–Kier alpha value is -0.890. The van der Waals surface area contributed by atoms with Crippen LogP contribution < -0.4 is 0 Å². The Bertz CT molecular complexity index is 413. The SMILES string of the molecule is OC1(Cc2ccccn2)CCCCC1C1CCCCC1. The third-order valence-electron chi connectivity index (χ3n) is 5.50. The van der Waals surface area contributed by atoms with Gasteiger partial charge in [-0.2, -0.15) is 0 Å². The average Bonchev–Trinajstić information content (AvgIpc) is 2.49. The van der Waals surface area contributed by atoms with E-state index in [9.17, 15) is 5.11 Å². The molecule has 2 nitrogen and oxygen atoms in total. The minimum absolute atomic E-state index is 0.499. The molecule has 0 aromatic carbocycles. The van der Waals surface area contributed by atoms with Crippen LogP contribution in [0.25, 0.3) is 0 Å². The van der Waals surface area contributed by atoms with Crippen molar-refractivity contribution in [3.63, 3.8) is 0 Å². The highest BCUT2D eigenvalue weighted by Crippen LogP contribution is 2.45. The predicted octanol–water partition coefficient (Wildman–Crippen LogP) is 4.13. The van der Waals surface area contributed by atoms with Crippen LogP contribution in [0.3, 0.4) is 0 Å². The van der Waals surface area contributed by atoms with Crippen LogP contribution in [0.5, 0.6) is 0 Å². The first-order valence-corrected chi connectivity index (χ1v) is 8.40. The lowest BCUT2D eigenvalue weighted by atomic mass is 9.64. The van der Waals surface area contributed by atoms with Gasteiger partial charge in [0.05, 0.1) is 5.60 Å².